The third-order valence-electron chi connectivity index (χ3n) is 7.20. The minimum absolute atomic E-state index is 0.111. The molecule has 3 aromatic rings. The molecule has 1 aliphatic carbocycles. The first-order valence-electron chi connectivity index (χ1n) is 12.7. The number of aromatic nitrogens is 3. The minimum atomic E-state index is -4.67. The second kappa shape index (κ2) is 10.6. The Hall–Kier alpha value is -3.32. The molecule has 13 heteroatoms. The summed E-state index contributed by atoms with van der Waals surface area (Å²) in [6, 6.07) is 5.17. The Bertz CT molecular complexity index is 1510. The standard InChI is InChI=1S/C27H25F5N4O3S/c1-15-22(29)12-24(36(15)40(38,39)21-7-4-19(28)5-8-21)25(37)9-6-20-10-17(11-23(35-20)16-2-3-16)18-13-33-26(34-14-18)27(30,31)32/h4-5,7-8,10-11,13-16,22,24H,2-3,6,9,12H2,1H3/t15-,22+,24-/m0/s1. The first kappa shape index (κ1) is 28.2. The van der Waals surface area contributed by atoms with Gasteiger partial charge in [0.2, 0.25) is 15.8 Å². The molecule has 2 fully saturated rings. The molecule has 0 N–H and O–H groups in total. The molecule has 3 atom stereocenters. The first-order chi connectivity index (χ1) is 18.8. The molecule has 0 bridgehead atoms. The van der Waals surface area contributed by atoms with Crippen LogP contribution in [0.25, 0.3) is 11.1 Å². The van der Waals surface area contributed by atoms with E-state index in [9.17, 15) is 35.2 Å². The van der Waals surface area contributed by atoms with Gasteiger partial charge in [0.05, 0.1) is 17.0 Å². The number of hydrogen-bond acceptors (Lipinski definition) is 6. The quantitative estimate of drug-likeness (QED) is 0.338. The lowest BCUT2D eigenvalue weighted by Gasteiger charge is -2.26. The summed E-state index contributed by atoms with van der Waals surface area (Å²) in [5.41, 5.74) is 2.13. The zero-order valence-electron chi connectivity index (χ0n) is 21.3. The highest BCUT2D eigenvalue weighted by atomic mass is 32.2. The highest BCUT2D eigenvalue weighted by Crippen LogP contribution is 2.41. The van der Waals surface area contributed by atoms with Crippen LogP contribution in [0.15, 0.2) is 53.7 Å². The maximum Gasteiger partial charge on any atom is 0.451 e. The number of carbonyl (C=O) groups is 1. The molecule has 0 radical (unpaired) electrons. The summed E-state index contributed by atoms with van der Waals surface area (Å²) in [4.78, 5) is 24.5. The Morgan fingerprint density at radius 2 is 1.70 bits per heavy atom. The molecule has 1 saturated carbocycles. The average molecular weight is 581 g/mol. The maximum atomic E-state index is 14.7. The van der Waals surface area contributed by atoms with Crippen LogP contribution in [0.2, 0.25) is 0 Å². The molecule has 7 nitrogen and oxygen atoms in total. The number of rotatable bonds is 8. The van der Waals surface area contributed by atoms with Crippen molar-refractivity contribution in [3.05, 3.63) is 71.8 Å². The summed E-state index contributed by atoms with van der Waals surface area (Å²) in [5, 5.41) is 0. The van der Waals surface area contributed by atoms with Crippen LogP contribution in [0.1, 0.15) is 55.7 Å². The number of aryl methyl sites for hydroxylation is 1. The molecule has 0 amide bonds. The molecule has 2 aliphatic rings. The molecule has 1 aliphatic heterocycles. The smallest absolute Gasteiger partial charge is 0.298 e. The van der Waals surface area contributed by atoms with Crippen LogP contribution < -0.4 is 0 Å². The molecular weight excluding hydrogens is 555 g/mol. The van der Waals surface area contributed by atoms with E-state index < -0.39 is 51.9 Å². The van der Waals surface area contributed by atoms with Crippen LogP contribution in [-0.4, -0.2) is 51.7 Å². The van der Waals surface area contributed by atoms with Gasteiger partial charge in [0.1, 0.15) is 12.0 Å². The van der Waals surface area contributed by atoms with Crippen LogP contribution in [0, 0.1) is 5.82 Å². The summed E-state index contributed by atoms with van der Waals surface area (Å²) in [6.45, 7) is 1.39. The Balaban J connectivity index is 1.37. The van der Waals surface area contributed by atoms with Gasteiger partial charge >= 0.3 is 6.18 Å². The van der Waals surface area contributed by atoms with Gasteiger partial charge in [-0.1, -0.05) is 0 Å². The normalized spacial score (nSPS) is 22.0. The number of sulfonamides is 1. The van der Waals surface area contributed by atoms with E-state index in [-0.39, 0.29) is 30.1 Å². The van der Waals surface area contributed by atoms with Crippen LogP contribution in [0.4, 0.5) is 22.0 Å². The number of pyridine rings is 1. The van der Waals surface area contributed by atoms with Crippen molar-refractivity contribution in [1.29, 1.82) is 0 Å². The zero-order chi connectivity index (χ0) is 28.8. The molecule has 0 unspecified atom stereocenters. The Labute approximate surface area is 227 Å². The van der Waals surface area contributed by atoms with E-state index in [1.807, 2.05) is 0 Å². The lowest BCUT2D eigenvalue weighted by atomic mass is 10.0. The number of ketones is 1. The minimum Gasteiger partial charge on any atom is -0.298 e. The van der Waals surface area contributed by atoms with Gasteiger partial charge in [-0.3, -0.25) is 9.78 Å². The van der Waals surface area contributed by atoms with E-state index in [0.717, 1.165) is 59.5 Å². The fourth-order valence-electron chi connectivity index (χ4n) is 4.88. The van der Waals surface area contributed by atoms with Gasteiger partial charge < -0.3 is 0 Å². The second-order valence-corrected chi connectivity index (χ2v) is 11.9. The fourth-order valence-corrected chi connectivity index (χ4v) is 6.71. The molecule has 2 aromatic heterocycles. The van der Waals surface area contributed by atoms with Crippen LogP contribution in [-0.2, 0) is 27.4 Å². The third-order valence-corrected chi connectivity index (χ3v) is 9.21. The summed E-state index contributed by atoms with van der Waals surface area (Å²) in [7, 11) is -4.28. The van der Waals surface area contributed by atoms with E-state index in [0.29, 0.717) is 16.8 Å². The molecule has 40 heavy (non-hydrogen) atoms. The second-order valence-electron chi connectivity index (χ2n) is 10.1. The first-order valence-corrected chi connectivity index (χ1v) is 14.1. The highest BCUT2D eigenvalue weighted by Gasteiger charge is 2.48. The van der Waals surface area contributed by atoms with Gasteiger partial charge in [-0.2, -0.15) is 17.5 Å². The van der Waals surface area contributed by atoms with Gasteiger partial charge in [0.25, 0.3) is 0 Å². The van der Waals surface area contributed by atoms with E-state index in [4.69, 9.17) is 0 Å². The Kier molecular flexibility index (Phi) is 7.47. The van der Waals surface area contributed by atoms with Gasteiger partial charge in [-0.15, -0.1) is 0 Å². The largest absolute Gasteiger partial charge is 0.451 e. The number of Topliss-reactive ketones (excluding diaryl/α,β-unsaturated/α-hetero) is 1. The molecule has 5 rings (SSSR count). The lowest BCUT2D eigenvalue weighted by Crippen LogP contribution is -2.44. The average Bonchev–Trinajstić information content (AvgIpc) is 3.72. The van der Waals surface area contributed by atoms with Crippen molar-refractivity contribution < 1.29 is 35.2 Å². The number of halogens is 5. The predicted octanol–water partition coefficient (Wildman–Crippen LogP) is 5.27. The van der Waals surface area contributed by atoms with E-state index in [1.165, 1.54) is 6.92 Å². The number of benzene rings is 1. The van der Waals surface area contributed by atoms with Gasteiger partial charge in [-0.05, 0) is 68.1 Å². The molecule has 212 valence electrons. The van der Waals surface area contributed by atoms with Gasteiger partial charge in [0.15, 0.2) is 5.78 Å². The van der Waals surface area contributed by atoms with Gasteiger partial charge in [-0.25, -0.2) is 27.2 Å². The van der Waals surface area contributed by atoms with Crippen molar-refractivity contribution in [2.24, 2.45) is 0 Å². The predicted molar refractivity (Wildman–Crippen MR) is 134 cm³/mol. The summed E-state index contributed by atoms with van der Waals surface area (Å²) in [6.07, 6.45) is -2.58. The van der Waals surface area contributed by atoms with Crippen molar-refractivity contribution >= 4 is 15.8 Å². The van der Waals surface area contributed by atoms with Crippen molar-refractivity contribution in [3.63, 3.8) is 0 Å². The number of carbonyl (C=O) groups excluding carboxylic acids is 1. The van der Waals surface area contributed by atoms with Gasteiger partial charge in [0, 0.05) is 48.1 Å². The lowest BCUT2D eigenvalue weighted by molar-refractivity contribution is -0.145. The van der Waals surface area contributed by atoms with Crippen LogP contribution >= 0.6 is 0 Å². The summed E-state index contributed by atoms with van der Waals surface area (Å²) >= 11 is 0. The molecule has 1 aromatic carbocycles. The van der Waals surface area contributed by atoms with Crippen molar-refractivity contribution in [1.82, 2.24) is 19.3 Å². The Morgan fingerprint density at radius 3 is 2.30 bits per heavy atom. The van der Waals surface area contributed by atoms with Crippen molar-refractivity contribution in [2.75, 3.05) is 0 Å². The number of alkyl halides is 4. The maximum absolute atomic E-state index is 14.7. The molecule has 3 heterocycles. The number of nitrogens with zero attached hydrogens (tertiary/aromatic N) is 4. The van der Waals surface area contributed by atoms with Crippen molar-refractivity contribution in [3.8, 4) is 11.1 Å². The van der Waals surface area contributed by atoms with Crippen molar-refractivity contribution in [2.45, 2.75) is 74.3 Å². The topological polar surface area (TPSA) is 93.1 Å². The number of hydrogen-bond donors (Lipinski definition) is 0. The third kappa shape index (κ3) is 5.75. The summed E-state index contributed by atoms with van der Waals surface area (Å²) < 4.78 is 94.2. The molecular formula is C27H25F5N4O3S. The molecule has 0 spiro atoms. The van der Waals surface area contributed by atoms with Crippen LogP contribution in [0.3, 0.4) is 0 Å². The monoisotopic (exact) mass is 580 g/mol. The zero-order valence-corrected chi connectivity index (χ0v) is 22.1. The van der Waals surface area contributed by atoms with E-state index >= 15 is 0 Å². The fraction of sp³-hybridized carbons (Fsp3) is 0.407. The van der Waals surface area contributed by atoms with Crippen LogP contribution in [0.5, 0.6) is 0 Å². The van der Waals surface area contributed by atoms with E-state index in [1.54, 1.807) is 12.1 Å². The van der Waals surface area contributed by atoms with E-state index in [2.05, 4.69) is 15.0 Å². The SMILES string of the molecule is C[C@H]1[C@H](F)C[C@@H](C(=O)CCc2cc(-c3cnc(C(F)(F)F)nc3)cc(C3CC3)n2)N1S(=O)(=O)c1ccc(F)cc1. The highest BCUT2D eigenvalue weighted by molar-refractivity contribution is 7.89. The molecule has 1 saturated heterocycles. The Morgan fingerprint density at radius 1 is 1.05 bits per heavy atom. The summed E-state index contributed by atoms with van der Waals surface area (Å²) in [5.74, 6) is -2.18.